The molecule has 0 spiro atoms. The van der Waals surface area contributed by atoms with E-state index in [1.54, 1.807) is 0 Å². The molecule has 0 aromatic heterocycles. The molecular weight excluding hydrogens is 353 g/mol. The number of carboxylic acid groups (broad SMARTS) is 4. The molecule has 0 fully saturated rings. The van der Waals surface area contributed by atoms with Crippen LogP contribution in [-0.2, 0) is 38.7 Å². The molecule has 0 rings (SSSR count). The monoisotopic (exact) mass is 364 g/mol. The van der Waals surface area contributed by atoms with Crippen LogP contribution in [0.15, 0.2) is 0 Å². The van der Waals surface area contributed by atoms with E-state index in [9.17, 15) is 19.2 Å². The van der Waals surface area contributed by atoms with Crippen molar-refractivity contribution in [2.24, 2.45) is 0 Å². The Kier molecular flexibility index (Phi) is 12.8. The fourth-order valence-electron chi connectivity index (χ4n) is 0.540. The molecule has 0 bridgehead atoms. The van der Waals surface area contributed by atoms with E-state index in [4.69, 9.17) is 40.9 Å². The Labute approximate surface area is 128 Å². The molecule has 8 N–H and O–H groups in total. The standard InChI is InChI=1S/2C4H6O6.Zn/c2*5-1(3(7)8)2(6)4(9)10;/h2*1-2,5-6H,(H,7,8)(H,9,10);. The minimum Gasteiger partial charge on any atom is -0.479 e. The van der Waals surface area contributed by atoms with Gasteiger partial charge in [-0.2, -0.15) is 0 Å². The van der Waals surface area contributed by atoms with Gasteiger partial charge < -0.3 is 40.9 Å². The third-order valence-electron chi connectivity index (χ3n) is 1.61. The van der Waals surface area contributed by atoms with Gasteiger partial charge in [-0.15, -0.1) is 0 Å². The summed E-state index contributed by atoms with van der Waals surface area (Å²) in [6.45, 7) is 0. The van der Waals surface area contributed by atoms with Crippen LogP contribution >= 0.6 is 0 Å². The van der Waals surface area contributed by atoms with Crippen LogP contribution in [-0.4, -0.2) is 89.1 Å². The van der Waals surface area contributed by atoms with Gasteiger partial charge in [0.1, 0.15) is 0 Å². The first-order chi connectivity index (χ1) is 8.93. The van der Waals surface area contributed by atoms with Gasteiger partial charge in [0.05, 0.1) is 0 Å². The van der Waals surface area contributed by atoms with E-state index < -0.39 is 48.3 Å². The molecule has 0 heterocycles. The molecule has 4 atom stereocenters. The number of aliphatic hydroxyl groups excluding tert-OH is 4. The summed E-state index contributed by atoms with van der Waals surface area (Å²) in [5.74, 6) is -7.07. The molecule has 13 heteroatoms. The summed E-state index contributed by atoms with van der Waals surface area (Å²) < 4.78 is 0. The van der Waals surface area contributed by atoms with Crippen LogP contribution in [0.2, 0.25) is 0 Å². The topological polar surface area (TPSA) is 230 Å². The zero-order valence-corrected chi connectivity index (χ0v) is 13.2. The SMILES string of the molecule is O=C(O)C(O)C(O)C(=O)O.O=C(O)C(O)C(O)C(=O)O.[Zn]. The van der Waals surface area contributed by atoms with Crippen LogP contribution in [0.25, 0.3) is 0 Å². The normalized spacial score (nSPS) is 15.0. The Hall–Kier alpha value is -1.66. The maximum atomic E-state index is 9.77. The summed E-state index contributed by atoms with van der Waals surface area (Å²) >= 11 is 0. The molecule has 0 saturated heterocycles. The van der Waals surface area contributed by atoms with Crippen LogP contribution < -0.4 is 0 Å². The van der Waals surface area contributed by atoms with E-state index in [-0.39, 0.29) is 19.5 Å². The smallest absolute Gasteiger partial charge is 0.335 e. The minimum absolute atomic E-state index is 0. The number of rotatable bonds is 6. The van der Waals surface area contributed by atoms with Gasteiger partial charge in [-0.25, -0.2) is 19.2 Å². The summed E-state index contributed by atoms with van der Waals surface area (Å²) in [7, 11) is 0. The molecule has 0 aromatic carbocycles. The molecule has 118 valence electrons. The van der Waals surface area contributed by atoms with Crippen molar-refractivity contribution in [1.82, 2.24) is 0 Å². The maximum absolute atomic E-state index is 9.77. The predicted molar refractivity (Wildman–Crippen MR) is 54.6 cm³/mol. The average molecular weight is 366 g/mol. The summed E-state index contributed by atoms with van der Waals surface area (Å²) in [4.78, 5) is 39.1. The Morgan fingerprint density at radius 2 is 0.571 bits per heavy atom. The van der Waals surface area contributed by atoms with Crippen molar-refractivity contribution in [1.29, 1.82) is 0 Å². The van der Waals surface area contributed by atoms with E-state index in [2.05, 4.69) is 0 Å². The van der Waals surface area contributed by atoms with Crippen molar-refractivity contribution in [3.63, 3.8) is 0 Å². The molecule has 0 aliphatic rings. The fourth-order valence-corrected chi connectivity index (χ4v) is 0.540. The predicted octanol–water partition coefficient (Wildman–Crippen LogP) is -4.25. The van der Waals surface area contributed by atoms with Gasteiger partial charge in [-0.3, -0.25) is 0 Å². The van der Waals surface area contributed by atoms with E-state index in [0.717, 1.165) is 0 Å². The van der Waals surface area contributed by atoms with E-state index >= 15 is 0 Å². The van der Waals surface area contributed by atoms with Crippen molar-refractivity contribution in [2.45, 2.75) is 24.4 Å². The van der Waals surface area contributed by atoms with Gasteiger partial charge in [-0.05, 0) is 0 Å². The van der Waals surface area contributed by atoms with Gasteiger partial charge in [0.15, 0.2) is 24.4 Å². The van der Waals surface area contributed by atoms with Crippen LogP contribution in [0, 0.1) is 0 Å². The molecular formula is C8H12O12Zn. The number of aliphatic carboxylic acids is 4. The zero-order chi connectivity index (χ0) is 16.6. The minimum atomic E-state index is -2.27. The number of aliphatic hydroxyl groups is 4. The van der Waals surface area contributed by atoms with Crippen molar-refractivity contribution in [3.8, 4) is 0 Å². The summed E-state index contributed by atoms with van der Waals surface area (Å²) in [5.41, 5.74) is 0. The maximum Gasteiger partial charge on any atom is 0.335 e. The Balaban J connectivity index is -0.000000295. The van der Waals surface area contributed by atoms with E-state index in [0.29, 0.717) is 0 Å². The van der Waals surface area contributed by atoms with Crippen molar-refractivity contribution >= 4 is 23.9 Å². The van der Waals surface area contributed by atoms with Crippen LogP contribution in [0.1, 0.15) is 0 Å². The molecule has 21 heavy (non-hydrogen) atoms. The molecule has 0 aromatic rings. The van der Waals surface area contributed by atoms with Crippen LogP contribution in [0.5, 0.6) is 0 Å². The van der Waals surface area contributed by atoms with Gasteiger partial charge in [0, 0.05) is 19.5 Å². The molecule has 0 aliphatic carbocycles. The Bertz CT molecular complexity index is 309. The van der Waals surface area contributed by atoms with Gasteiger partial charge in [-0.1, -0.05) is 0 Å². The zero-order valence-electron chi connectivity index (χ0n) is 10.2. The summed E-state index contributed by atoms with van der Waals surface area (Å²) in [6.07, 6.45) is -9.06. The van der Waals surface area contributed by atoms with E-state index in [1.807, 2.05) is 0 Å². The summed E-state index contributed by atoms with van der Waals surface area (Å²) in [5, 5.41) is 65.1. The van der Waals surface area contributed by atoms with Gasteiger partial charge in [0.2, 0.25) is 0 Å². The number of carboxylic acids is 4. The number of hydrogen-bond donors (Lipinski definition) is 8. The quantitative estimate of drug-likeness (QED) is 0.209. The second-order valence-corrected chi connectivity index (χ2v) is 3.13. The largest absolute Gasteiger partial charge is 0.479 e. The Morgan fingerprint density at radius 3 is 0.619 bits per heavy atom. The van der Waals surface area contributed by atoms with Crippen LogP contribution in [0.4, 0.5) is 0 Å². The molecule has 4 unspecified atom stereocenters. The molecule has 0 aliphatic heterocycles. The first kappa shape index (κ1) is 24.4. The third kappa shape index (κ3) is 9.81. The molecule has 12 nitrogen and oxygen atoms in total. The first-order valence-corrected chi connectivity index (χ1v) is 4.57. The Morgan fingerprint density at radius 1 is 0.476 bits per heavy atom. The third-order valence-corrected chi connectivity index (χ3v) is 1.61. The second kappa shape index (κ2) is 11.1. The van der Waals surface area contributed by atoms with Gasteiger partial charge in [0.25, 0.3) is 0 Å². The van der Waals surface area contributed by atoms with Crippen molar-refractivity contribution < 1.29 is 79.5 Å². The summed E-state index contributed by atoms with van der Waals surface area (Å²) in [6, 6.07) is 0. The van der Waals surface area contributed by atoms with Crippen molar-refractivity contribution in [2.75, 3.05) is 0 Å². The van der Waals surface area contributed by atoms with Crippen molar-refractivity contribution in [3.05, 3.63) is 0 Å². The number of carbonyl (C=O) groups is 4. The molecule has 0 amide bonds. The molecule has 0 saturated carbocycles. The average Bonchev–Trinajstić information content (AvgIpc) is 2.35. The molecule has 0 radical (unpaired) electrons. The fraction of sp³-hybridized carbons (Fsp3) is 0.500. The van der Waals surface area contributed by atoms with Crippen LogP contribution in [0.3, 0.4) is 0 Å². The first-order valence-electron chi connectivity index (χ1n) is 4.57. The van der Waals surface area contributed by atoms with Gasteiger partial charge >= 0.3 is 23.9 Å². The van der Waals surface area contributed by atoms with E-state index in [1.165, 1.54) is 0 Å². The number of hydrogen-bond acceptors (Lipinski definition) is 8. The second-order valence-electron chi connectivity index (χ2n) is 3.13.